The van der Waals surface area contributed by atoms with Gasteiger partial charge in [0.1, 0.15) is 5.65 Å². The molecule has 2 aromatic heterocycles. The molecule has 0 atom stereocenters. The van der Waals surface area contributed by atoms with Gasteiger partial charge in [-0.05, 0) is 53.9 Å². The van der Waals surface area contributed by atoms with E-state index in [0.717, 1.165) is 39.9 Å². The van der Waals surface area contributed by atoms with Gasteiger partial charge in [0.15, 0.2) is 0 Å². The number of nitrogens with one attached hydrogen (secondary N) is 1. The van der Waals surface area contributed by atoms with Gasteiger partial charge in [0.2, 0.25) is 0 Å². The SMILES string of the molecule is Cc1ccccc1NC(=O)N1CCN(Cc2c(-c3ccccc3)nc3ccc(-c4cccc(C(F)(F)F)c4)cn23)CC1. The van der Waals surface area contributed by atoms with Crippen LogP contribution in [0.1, 0.15) is 16.8 Å². The number of fused-ring (bicyclic) bond motifs is 1. The Morgan fingerprint density at radius 1 is 0.833 bits per heavy atom. The predicted octanol–water partition coefficient (Wildman–Crippen LogP) is 7.35. The molecule has 9 heteroatoms. The van der Waals surface area contributed by atoms with E-state index in [1.165, 1.54) is 12.1 Å². The lowest BCUT2D eigenvalue weighted by Gasteiger charge is -2.34. The van der Waals surface area contributed by atoms with Crippen LogP contribution < -0.4 is 5.32 Å². The van der Waals surface area contributed by atoms with Gasteiger partial charge in [-0.25, -0.2) is 9.78 Å². The Morgan fingerprint density at radius 2 is 1.55 bits per heavy atom. The summed E-state index contributed by atoms with van der Waals surface area (Å²) in [4.78, 5) is 22.0. The molecule has 5 aromatic rings. The Hall–Kier alpha value is -4.63. The largest absolute Gasteiger partial charge is 0.416 e. The zero-order chi connectivity index (χ0) is 29.3. The molecule has 6 nitrogen and oxygen atoms in total. The number of hydrogen-bond donors (Lipinski definition) is 1. The fourth-order valence-electron chi connectivity index (χ4n) is 5.35. The maximum Gasteiger partial charge on any atom is 0.416 e. The first-order valence-electron chi connectivity index (χ1n) is 13.8. The van der Waals surface area contributed by atoms with Crippen LogP contribution in [0, 0.1) is 6.92 Å². The normalized spacial score (nSPS) is 14.3. The summed E-state index contributed by atoms with van der Waals surface area (Å²) in [5.74, 6) is 0. The molecule has 42 heavy (non-hydrogen) atoms. The van der Waals surface area contributed by atoms with Gasteiger partial charge in [-0.15, -0.1) is 0 Å². The molecule has 1 aliphatic heterocycles. The number of benzene rings is 3. The molecule has 1 N–H and O–H groups in total. The summed E-state index contributed by atoms with van der Waals surface area (Å²) in [6, 6.07) is 26.5. The molecular weight excluding hydrogens is 539 g/mol. The molecule has 3 heterocycles. The van der Waals surface area contributed by atoms with Gasteiger partial charge >= 0.3 is 12.2 Å². The third-order valence-corrected chi connectivity index (χ3v) is 7.71. The van der Waals surface area contributed by atoms with Crippen LogP contribution in [0.25, 0.3) is 28.0 Å². The quantitative estimate of drug-likeness (QED) is 0.241. The number of hydrogen-bond acceptors (Lipinski definition) is 3. The molecule has 214 valence electrons. The van der Waals surface area contributed by atoms with E-state index in [2.05, 4.69) is 10.2 Å². The van der Waals surface area contributed by atoms with Crippen LogP contribution in [-0.4, -0.2) is 51.4 Å². The van der Waals surface area contributed by atoms with Crippen molar-refractivity contribution in [2.75, 3.05) is 31.5 Å². The van der Waals surface area contributed by atoms with Crippen molar-refractivity contribution in [2.45, 2.75) is 19.6 Å². The van der Waals surface area contributed by atoms with Crippen molar-refractivity contribution in [1.29, 1.82) is 0 Å². The number of alkyl halides is 3. The number of halogens is 3. The number of carbonyl (C=O) groups excluding carboxylic acids is 1. The number of para-hydroxylation sites is 1. The minimum Gasteiger partial charge on any atom is -0.322 e. The van der Waals surface area contributed by atoms with E-state index in [4.69, 9.17) is 4.98 Å². The highest BCUT2D eigenvalue weighted by atomic mass is 19.4. The highest BCUT2D eigenvalue weighted by molar-refractivity contribution is 5.90. The molecule has 1 aliphatic rings. The summed E-state index contributed by atoms with van der Waals surface area (Å²) in [5, 5.41) is 3.01. The Morgan fingerprint density at radius 3 is 2.29 bits per heavy atom. The second-order valence-electron chi connectivity index (χ2n) is 10.5. The van der Waals surface area contributed by atoms with Gasteiger partial charge in [-0.2, -0.15) is 13.2 Å². The molecule has 2 amide bonds. The van der Waals surface area contributed by atoms with Crippen molar-refractivity contribution < 1.29 is 18.0 Å². The first kappa shape index (κ1) is 27.5. The number of pyridine rings is 1. The average Bonchev–Trinajstić information content (AvgIpc) is 3.36. The maximum atomic E-state index is 13.4. The Balaban J connectivity index is 1.27. The van der Waals surface area contributed by atoms with Gasteiger partial charge in [0.25, 0.3) is 0 Å². The molecule has 0 unspecified atom stereocenters. The van der Waals surface area contributed by atoms with Crippen molar-refractivity contribution in [2.24, 2.45) is 0 Å². The third kappa shape index (κ3) is 5.73. The minimum atomic E-state index is -4.42. The van der Waals surface area contributed by atoms with Gasteiger partial charge in [0, 0.05) is 50.2 Å². The lowest BCUT2D eigenvalue weighted by atomic mass is 10.0. The Labute approximate surface area is 242 Å². The standard InChI is InChI=1S/C33H30F3N5O/c1-23-8-5-6-13-28(23)37-32(42)40-18-16-39(17-19-40)22-29-31(24-9-3-2-4-10-24)38-30-15-14-26(21-41(29)30)25-11-7-12-27(20-25)33(34,35)36/h2-15,20-21H,16-19,22H2,1H3,(H,37,42). The van der Waals surface area contributed by atoms with Crippen LogP contribution >= 0.6 is 0 Å². The van der Waals surface area contributed by atoms with E-state index in [1.54, 1.807) is 6.07 Å². The summed E-state index contributed by atoms with van der Waals surface area (Å²) in [6.07, 6.45) is -2.55. The van der Waals surface area contributed by atoms with Crippen LogP contribution in [0.3, 0.4) is 0 Å². The number of amides is 2. The number of imidazole rings is 1. The average molecular weight is 570 g/mol. The van der Waals surface area contributed by atoms with Gasteiger partial charge in [-0.3, -0.25) is 4.90 Å². The summed E-state index contributed by atoms with van der Waals surface area (Å²) >= 11 is 0. The van der Waals surface area contributed by atoms with Crippen molar-refractivity contribution >= 4 is 17.4 Å². The van der Waals surface area contributed by atoms with Gasteiger partial charge in [-0.1, -0.05) is 60.7 Å². The van der Waals surface area contributed by atoms with Crippen LogP contribution in [0.5, 0.6) is 0 Å². The van der Waals surface area contributed by atoms with Crippen LogP contribution in [-0.2, 0) is 12.7 Å². The molecule has 1 fully saturated rings. The number of nitrogens with zero attached hydrogens (tertiary/aromatic N) is 4. The molecule has 0 radical (unpaired) electrons. The van der Waals surface area contributed by atoms with E-state index < -0.39 is 11.7 Å². The maximum absolute atomic E-state index is 13.4. The second-order valence-corrected chi connectivity index (χ2v) is 10.5. The minimum absolute atomic E-state index is 0.116. The fourth-order valence-corrected chi connectivity index (χ4v) is 5.35. The van der Waals surface area contributed by atoms with Gasteiger partial charge in [0.05, 0.1) is 17.0 Å². The number of piperazine rings is 1. The van der Waals surface area contributed by atoms with E-state index >= 15 is 0 Å². The van der Waals surface area contributed by atoms with Crippen molar-refractivity contribution in [1.82, 2.24) is 19.2 Å². The molecule has 0 aliphatic carbocycles. The fraction of sp³-hybridized carbons (Fsp3) is 0.212. The van der Waals surface area contributed by atoms with Crippen molar-refractivity contribution in [3.63, 3.8) is 0 Å². The number of aromatic nitrogens is 2. The van der Waals surface area contributed by atoms with Crippen LogP contribution in [0.2, 0.25) is 0 Å². The number of carbonyl (C=O) groups is 1. The topological polar surface area (TPSA) is 52.9 Å². The van der Waals surface area contributed by atoms with Crippen LogP contribution in [0.4, 0.5) is 23.7 Å². The number of anilines is 1. The molecule has 1 saturated heterocycles. The molecule has 0 saturated carbocycles. The molecule has 0 bridgehead atoms. The van der Waals surface area contributed by atoms with Crippen molar-refractivity contribution in [3.05, 3.63) is 114 Å². The smallest absolute Gasteiger partial charge is 0.322 e. The summed E-state index contributed by atoms with van der Waals surface area (Å²) in [7, 11) is 0. The first-order valence-corrected chi connectivity index (χ1v) is 13.8. The number of urea groups is 1. The molecule has 6 rings (SSSR count). The molecule has 3 aromatic carbocycles. The number of rotatable bonds is 5. The lowest BCUT2D eigenvalue weighted by Crippen LogP contribution is -2.49. The summed E-state index contributed by atoms with van der Waals surface area (Å²) in [5.41, 5.74) is 5.75. The van der Waals surface area contributed by atoms with E-state index in [9.17, 15) is 18.0 Å². The van der Waals surface area contributed by atoms with Crippen molar-refractivity contribution in [3.8, 4) is 22.4 Å². The zero-order valence-electron chi connectivity index (χ0n) is 23.1. The Kier molecular flexibility index (Phi) is 7.43. The van der Waals surface area contributed by atoms with Gasteiger partial charge < -0.3 is 14.6 Å². The lowest BCUT2D eigenvalue weighted by molar-refractivity contribution is -0.137. The summed E-state index contributed by atoms with van der Waals surface area (Å²) in [6.45, 7) is 5.04. The Bertz CT molecular complexity index is 1720. The predicted molar refractivity (Wildman–Crippen MR) is 158 cm³/mol. The zero-order valence-corrected chi connectivity index (χ0v) is 23.1. The van der Waals surface area contributed by atoms with Crippen LogP contribution in [0.15, 0.2) is 97.2 Å². The number of aryl methyl sites for hydroxylation is 1. The highest BCUT2D eigenvalue weighted by Gasteiger charge is 2.30. The third-order valence-electron chi connectivity index (χ3n) is 7.71. The van der Waals surface area contributed by atoms with E-state index in [-0.39, 0.29) is 6.03 Å². The highest BCUT2D eigenvalue weighted by Crippen LogP contribution is 2.33. The van der Waals surface area contributed by atoms with E-state index in [1.807, 2.05) is 89.2 Å². The molecular formula is C33H30F3N5O. The molecule has 0 spiro atoms. The monoisotopic (exact) mass is 569 g/mol. The second kappa shape index (κ2) is 11.3. The summed E-state index contributed by atoms with van der Waals surface area (Å²) < 4.78 is 42.2. The van der Waals surface area contributed by atoms with E-state index in [0.29, 0.717) is 43.9 Å². The first-order chi connectivity index (χ1) is 20.3.